The zero-order valence-corrected chi connectivity index (χ0v) is 31.6. The summed E-state index contributed by atoms with van der Waals surface area (Å²) in [4.78, 5) is 39.8. The monoisotopic (exact) mass is 772 g/mol. The Labute approximate surface area is 334 Å². The van der Waals surface area contributed by atoms with Gasteiger partial charge in [0.25, 0.3) is 0 Å². The Balaban J connectivity index is 0.000000132. The van der Waals surface area contributed by atoms with Crippen LogP contribution >= 0.6 is 0 Å². The highest BCUT2D eigenvalue weighted by molar-refractivity contribution is 6.07. The molecule has 6 aromatic carbocycles. The molecule has 6 amide bonds. The first-order chi connectivity index (χ1) is 27.9. The molecule has 0 fully saturated rings. The molecule has 6 N–H and O–H groups in total. The first-order valence-corrected chi connectivity index (χ1v) is 18.2. The largest absolute Gasteiger partial charge is 0.351 e. The van der Waals surface area contributed by atoms with Crippen LogP contribution in [0.15, 0.2) is 121 Å². The van der Waals surface area contributed by atoms with Gasteiger partial charge in [-0.05, 0) is 109 Å². The molecule has 9 rings (SSSR count). The molecule has 11 heteroatoms. The summed E-state index contributed by atoms with van der Waals surface area (Å²) < 4.78 is 26.7. The van der Waals surface area contributed by atoms with Gasteiger partial charge in [0.05, 0.1) is 34.1 Å². The molecule has 3 aliphatic rings. The maximum Gasteiger partial charge on any atom is 0.323 e. The summed E-state index contributed by atoms with van der Waals surface area (Å²) in [5.74, 6) is -0.696. The lowest BCUT2D eigenvalue weighted by atomic mass is 10.1. The predicted octanol–water partition coefficient (Wildman–Crippen LogP) is 11.1. The first kappa shape index (κ1) is 38.5. The summed E-state index contributed by atoms with van der Waals surface area (Å²) in [7, 11) is 0. The first-order valence-electron chi connectivity index (χ1n) is 18.2. The Morgan fingerprint density at radius 3 is 1.00 bits per heavy atom. The molecule has 0 bridgehead atoms. The molecule has 0 unspecified atom stereocenters. The Kier molecular flexibility index (Phi) is 10.7. The second kappa shape index (κ2) is 16.1. The highest BCUT2D eigenvalue weighted by atomic mass is 19.1. The number of benzene rings is 6. The van der Waals surface area contributed by atoms with Gasteiger partial charge in [-0.15, -0.1) is 0 Å². The molecule has 0 spiro atoms. The molecule has 0 aliphatic carbocycles. The fourth-order valence-electron chi connectivity index (χ4n) is 7.05. The lowest BCUT2D eigenvalue weighted by molar-refractivity contribution is 0.255. The van der Waals surface area contributed by atoms with Crippen LogP contribution in [-0.4, -0.2) is 18.1 Å². The highest BCUT2D eigenvalue weighted by Gasteiger charge is 2.24. The minimum Gasteiger partial charge on any atom is -0.351 e. The van der Waals surface area contributed by atoms with E-state index >= 15 is 0 Å². The number of halogens is 2. The number of para-hydroxylation sites is 2. The van der Waals surface area contributed by atoms with Crippen LogP contribution in [0.1, 0.15) is 44.5 Å². The highest BCUT2D eigenvalue weighted by Crippen LogP contribution is 2.39. The fraction of sp³-hybridized carbons (Fsp3) is 0.0426. The van der Waals surface area contributed by atoms with Gasteiger partial charge in [0.15, 0.2) is 0 Å². The molecule has 6 aromatic rings. The third-order valence-corrected chi connectivity index (χ3v) is 9.65. The number of carbonyl (C=O) groups is 3. The van der Waals surface area contributed by atoms with Crippen molar-refractivity contribution in [3.63, 3.8) is 0 Å². The van der Waals surface area contributed by atoms with E-state index in [1.807, 2.05) is 123 Å². The van der Waals surface area contributed by atoms with Gasteiger partial charge in [0.2, 0.25) is 0 Å². The van der Waals surface area contributed by atoms with Crippen molar-refractivity contribution < 1.29 is 23.2 Å². The maximum atomic E-state index is 13.4. The Bertz CT molecular complexity index is 2530. The van der Waals surface area contributed by atoms with E-state index in [2.05, 4.69) is 0 Å². The van der Waals surface area contributed by atoms with E-state index < -0.39 is 18.1 Å². The predicted molar refractivity (Wildman–Crippen MR) is 230 cm³/mol. The Morgan fingerprint density at radius 2 is 0.655 bits per heavy atom. The number of carbonyl (C=O) groups excluding carboxylic acids is 3. The lowest BCUT2D eigenvalue weighted by Gasteiger charge is -2.23. The average Bonchev–Trinajstić information content (AvgIpc) is 3.55. The van der Waals surface area contributed by atoms with Crippen LogP contribution in [-0.2, 0) is 0 Å². The van der Waals surface area contributed by atoms with Crippen molar-refractivity contribution in [2.45, 2.75) is 13.8 Å². The van der Waals surface area contributed by atoms with Crippen molar-refractivity contribution in [2.24, 2.45) is 17.2 Å². The molecule has 0 atom stereocenters. The van der Waals surface area contributed by atoms with E-state index in [0.717, 1.165) is 44.8 Å². The fourth-order valence-corrected chi connectivity index (χ4v) is 7.05. The van der Waals surface area contributed by atoms with E-state index in [9.17, 15) is 23.2 Å². The third-order valence-electron chi connectivity index (χ3n) is 9.65. The van der Waals surface area contributed by atoms with Crippen molar-refractivity contribution in [2.75, 3.05) is 14.7 Å². The van der Waals surface area contributed by atoms with Crippen LogP contribution in [0.2, 0.25) is 0 Å². The van der Waals surface area contributed by atoms with Crippen molar-refractivity contribution >= 4 is 88.7 Å². The van der Waals surface area contributed by atoms with Gasteiger partial charge >= 0.3 is 18.1 Å². The van der Waals surface area contributed by atoms with Gasteiger partial charge in [-0.3, -0.25) is 14.7 Å². The van der Waals surface area contributed by atoms with Gasteiger partial charge in [-0.2, -0.15) is 0 Å². The molecule has 58 heavy (non-hydrogen) atoms. The number of amides is 6. The second-order valence-corrected chi connectivity index (χ2v) is 13.7. The number of aryl methyl sites for hydroxylation is 2. The number of primary amides is 3. The third kappa shape index (κ3) is 7.82. The summed E-state index contributed by atoms with van der Waals surface area (Å²) in [5, 5.41) is 0. The summed E-state index contributed by atoms with van der Waals surface area (Å²) in [5.41, 5.74) is 27.9. The number of anilines is 6. The Hall–Kier alpha value is -7.79. The minimum absolute atomic E-state index is 0.347. The molecule has 3 aliphatic heterocycles. The van der Waals surface area contributed by atoms with Crippen molar-refractivity contribution in [3.05, 3.63) is 177 Å². The zero-order chi connectivity index (χ0) is 41.1. The van der Waals surface area contributed by atoms with E-state index in [1.54, 1.807) is 29.2 Å². The maximum absolute atomic E-state index is 13.4. The summed E-state index contributed by atoms with van der Waals surface area (Å²) in [6.07, 6.45) is 11.3. The van der Waals surface area contributed by atoms with Crippen LogP contribution < -0.4 is 31.9 Å². The molecule has 288 valence electrons. The number of fused-ring (bicyclic) bond motifs is 6. The van der Waals surface area contributed by atoms with Crippen LogP contribution in [0, 0.1) is 25.5 Å². The van der Waals surface area contributed by atoms with Crippen molar-refractivity contribution in [1.29, 1.82) is 0 Å². The van der Waals surface area contributed by atoms with Crippen LogP contribution in [0.5, 0.6) is 0 Å². The molecular formula is C47H38F2N6O3. The topological polar surface area (TPSA) is 139 Å². The molecule has 0 saturated carbocycles. The van der Waals surface area contributed by atoms with Gasteiger partial charge < -0.3 is 17.2 Å². The van der Waals surface area contributed by atoms with Gasteiger partial charge in [-0.25, -0.2) is 23.2 Å². The Morgan fingerprint density at radius 1 is 0.379 bits per heavy atom. The van der Waals surface area contributed by atoms with Crippen molar-refractivity contribution in [3.8, 4) is 0 Å². The second-order valence-electron chi connectivity index (χ2n) is 13.7. The van der Waals surface area contributed by atoms with Crippen molar-refractivity contribution in [1.82, 2.24) is 0 Å². The number of nitrogens with zero attached hydrogens (tertiary/aromatic N) is 3. The molecule has 9 nitrogen and oxygen atoms in total. The van der Waals surface area contributed by atoms with E-state index in [4.69, 9.17) is 17.2 Å². The normalized spacial score (nSPS) is 12.6. The number of hydrogen-bond donors (Lipinski definition) is 3. The standard InChI is InChI=1S/C16H13FN2O.C16H14N2O.C15H11FN2O/c1-10-2-6-14-11(8-10)3-4-12-9-13(17)5-7-15(12)19(14)16(18)20;1-11-6-9-15-13(10-11)8-7-12-4-2-3-5-14(12)18(15)16(17)19;16-12-7-8-14-11(9-12)6-5-10-3-1-2-4-13(10)18(14)15(17)19/h2-9H,1H3,(H2,18,20);2-10H,1H3,(H2,17,19);1-9H,(H2,17,19). The summed E-state index contributed by atoms with van der Waals surface area (Å²) >= 11 is 0. The van der Waals surface area contributed by atoms with E-state index in [1.165, 1.54) is 34.1 Å². The molecular weight excluding hydrogens is 735 g/mol. The molecule has 0 aromatic heterocycles. The number of urea groups is 3. The average molecular weight is 773 g/mol. The number of rotatable bonds is 0. The number of nitrogens with two attached hydrogens (primary N) is 3. The summed E-state index contributed by atoms with van der Waals surface area (Å²) in [6, 6.07) is 33.7. The zero-order valence-electron chi connectivity index (χ0n) is 31.6. The van der Waals surface area contributed by atoms with Gasteiger partial charge in [0.1, 0.15) is 11.6 Å². The quantitative estimate of drug-likeness (QED) is 0.142. The molecule has 0 radical (unpaired) electrons. The van der Waals surface area contributed by atoms with Crippen LogP contribution in [0.3, 0.4) is 0 Å². The van der Waals surface area contributed by atoms with Gasteiger partial charge in [-0.1, -0.05) is 96.1 Å². The van der Waals surface area contributed by atoms with E-state index in [-0.39, 0.29) is 11.6 Å². The van der Waals surface area contributed by atoms with Gasteiger partial charge in [0, 0.05) is 11.1 Å². The SMILES string of the molecule is Cc1ccc2c(c1)C=Cc1cc(F)ccc1N2C(N)=O.Cc1ccc2c(c1)C=Cc1ccccc1N2C(N)=O.NC(=O)N1c2ccccc2C=Cc2cc(F)ccc21. The summed E-state index contributed by atoms with van der Waals surface area (Å²) in [6.45, 7) is 4.00. The number of hydrogen-bond acceptors (Lipinski definition) is 3. The van der Waals surface area contributed by atoms with Crippen LogP contribution in [0.25, 0.3) is 36.5 Å². The minimum atomic E-state index is -0.594. The molecule has 3 heterocycles. The lowest BCUT2D eigenvalue weighted by Crippen LogP contribution is -2.32. The van der Waals surface area contributed by atoms with Crippen LogP contribution in [0.4, 0.5) is 57.3 Å². The molecule has 0 saturated heterocycles. The van der Waals surface area contributed by atoms with E-state index in [0.29, 0.717) is 33.9 Å². The smallest absolute Gasteiger partial charge is 0.323 e.